The highest BCUT2D eigenvalue weighted by molar-refractivity contribution is 4.67. The maximum atomic E-state index is 9.07. The van der Waals surface area contributed by atoms with Gasteiger partial charge in [0.15, 0.2) is 0 Å². The minimum absolute atomic E-state index is 0.308. The van der Waals surface area contributed by atoms with Crippen molar-refractivity contribution in [1.82, 2.24) is 5.32 Å². The van der Waals surface area contributed by atoms with Crippen LogP contribution in [0.2, 0.25) is 0 Å². The average Bonchev–Trinajstić information content (AvgIpc) is 2.09. The number of nitrogens with two attached hydrogens (primary N) is 1. The summed E-state index contributed by atoms with van der Waals surface area (Å²) in [5.41, 5.74) is 5.41. The number of aliphatic hydroxyl groups excluding tert-OH is 1. The highest BCUT2D eigenvalue weighted by Crippen LogP contribution is 1.96. The molecule has 0 aromatic rings. The fraction of sp³-hybridized carbons (Fsp3) is 1.00. The fourth-order valence-corrected chi connectivity index (χ4v) is 1.15. The molecule has 0 spiro atoms. The van der Waals surface area contributed by atoms with Crippen LogP contribution in [0.25, 0.3) is 0 Å². The zero-order chi connectivity index (χ0) is 10.1. The second-order valence-corrected chi connectivity index (χ2v) is 3.34. The molecule has 0 aromatic heterocycles. The van der Waals surface area contributed by atoms with Gasteiger partial charge in [-0.15, -0.1) is 0 Å². The normalized spacial score (nSPS) is 15.7. The van der Waals surface area contributed by atoms with E-state index < -0.39 is 0 Å². The first-order valence-electron chi connectivity index (χ1n) is 4.81. The molecule has 0 rings (SSSR count). The summed E-state index contributed by atoms with van der Waals surface area (Å²) < 4.78 is 5.05. The van der Waals surface area contributed by atoms with Gasteiger partial charge in [0.1, 0.15) is 0 Å². The van der Waals surface area contributed by atoms with E-state index in [9.17, 15) is 0 Å². The number of hydrogen-bond acceptors (Lipinski definition) is 4. The van der Waals surface area contributed by atoms with Crippen molar-refractivity contribution in [3.8, 4) is 0 Å². The zero-order valence-corrected chi connectivity index (χ0v) is 8.62. The van der Waals surface area contributed by atoms with Gasteiger partial charge >= 0.3 is 0 Å². The van der Waals surface area contributed by atoms with Gasteiger partial charge in [0, 0.05) is 19.7 Å². The van der Waals surface area contributed by atoms with Crippen molar-refractivity contribution >= 4 is 0 Å². The molecule has 4 heteroatoms. The standard InChI is InChI=1S/C9H22N2O2/c1-8(12)6-11-9(7-13-2)4-3-5-10/h8-9,11-12H,3-7,10H2,1-2H3. The van der Waals surface area contributed by atoms with E-state index in [0.717, 1.165) is 12.8 Å². The van der Waals surface area contributed by atoms with Crippen LogP contribution in [-0.4, -0.2) is 44.1 Å². The van der Waals surface area contributed by atoms with Crippen LogP contribution in [0.4, 0.5) is 0 Å². The van der Waals surface area contributed by atoms with Gasteiger partial charge in [0.05, 0.1) is 12.7 Å². The summed E-state index contributed by atoms with van der Waals surface area (Å²) in [7, 11) is 1.68. The number of methoxy groups -OCH3 is 1. The van der Waals surface area contributed by atoms with Crippen LogP contribution < -0.4 is 11.1 Å². The lowest BCUT2D eigenvalue weighted by molar-refractivity contribution is 0.142. The summed E-state index contributed by atoms with van der Waals surface area (Å²) in [6.45, 7) is 3.75. The molecular formula is C9H22N2O2. The molecule has 4 N–H and O–H groups in total. The van der Waals surface area contributed by atoms with Crippen molar-refractivity contribution in [2.24, 2.45) is 5.73 Å². The summed E-state index contributed by atoms with van der Waals surface area (Å²) in [5.74, 6) is 0. The molecule has 0 saturated carbocycles. The molecule has 0 amide bonds. The van der Waals surface area contributed by atoms with Crippen LogP contribution in [0.5, 0.6) is 0 Å². The van der Waals surface area contributed by atoms with Gasteiger partial charge in [-0.05, 0) is 26.3 Å². The minimum atomic E-state index is -0.308. The van der Waals surface area contributed by atoms with Crippen molar-refractivity contribution < 1.29 is 9.84 Å². The molecule has 2 unspecified atom stereocenters. The number of nitrogens with one attached hydrogen (secondary N) is 1. The van der Waals surface area contributed by atoms with E-state index in [1.54, 1.807) is 14.0 Å². The molecule has 0 heterocycles. The van der Waals surface area contributed by atoms with E-state index in [0.29, 0.717) is 25.7 Å². The zero-order valence-electron chi connectivity index (χ0n) is 8.62. The molecule has 0 aromatic carbocycles. The van der Waals surface area contributed by atoms with Gasteiger partial charge in [0.2, 0.25) is 0 Å². The lowest BCUT2D eigenvalue weighted by atomic mass is 10.1. The Morgan fingerprint density at radius 1 is 1.54 bits per heavy atom. The van der Waals surface area contributed by atoms with Gasteiger partial charge < -0.3 is 20.9 Å². The SMILES string of the molecule is COCC(CCCN)NCC(C)O. The number of hydrogen-bond donors (Lipinski definition) is 3. The molecule has 4 nitrogen and oxygen atoms in total. The first-order valence-corrected chi connectivity index (χ1v) is 4.81. The monoisotopic (exact) mass is 190 g/mol. The molecule has 80 valence electrons. The third kappa shape index (κ3) is 8.18. The summed E-state index contributed by atoms with van der Waals surface area (Å²) >= 11 is 0. The third-order valence-corrected chi connectivity index (χ3v) is 1.83. The summed E-state index contributed by atoms with van der Waals surface area (Å²) in [5, 5.41) is 12.3. The Kier molecular flexibility index (Phi) is 8.33. The topological polar surface area (TPSA) is 67.5 Å². The maximum Gasteiger partial charge on any atom is 0.0636 e. The molecule has 0 saturated heterocycles. The van der Waals surface area contributed by atoms with Gasteiger partial charge in [-0.1, -0.05) is 0 Å². The van der Waals surface area contributed by atoms with Gasteiger partial charge in [0.25, 0.3) is 0 Å². The van der Waals surface area contributed by atoms with Crippen molar-refractivity contribution in [1.29, 1.82) is 0 Å². The second-order valence-electron chi connectivity index (χ2n) is 3.34. The van der Waals surface area contributed by atoms with Crippen LogP contribution in [0.3, 0.4) is 0 Å². The number of aliphatic hydroxyl groups is 1. The van der Waals surface area contributed by atoms with Crippen LogP contribution in [0, 0.1) is 0 Å². The highest BCUT2D eigenvalue weighted by Gasteiger charge is 2.07. The van der Waals surface area contributed by atoms with E-state index in [2.05, 4.69) is 5.32 Å². The van der Waals surface area contributed by atoms with Crippen LogP contribution in [0.1, 0.15) is 19.8 Å². The molecular weight excluding hydrogens is 168 g/mol. The Morgan fingerprint density at radius 3 is 2.69 bits per heavy atom. The molecule has 0 fully saturated rings. The van der Waals surface area contributed by atoms with Gasteiger partial charge in [-0.2, -0.15) is 0 Å². The quantitative estimate of drug-likeness (QED) is 0.492. The van der Waals surface area contributed by atoms with Gasteiger partial charge in [-0.25, -0.2) is 0 Å². The van der Waals surface area contributed by atoms with Crippen molar-refractivity contribution in [3.05, 3.63) is 0 Å². The molecule has 0 aliphatic carbocycles. The lowest BCUT2D eigenvalue weighted by Crippen LogP contribution is -2.37. The molecule has 0 aliphatic heterocycles. The van der Waals surface area contributed by atoms with Crippen LogP contribution in [-0.2, 0) is 4.74 Å². The summed E-state index contributed by atoms with van der Waals surface area (Å²) in [4.78, 5) is 0. The Bertz CT molecular complexity index is 110. The predicted octanol–water partition coefficient (Wildman–Crippen LogP) is -0.289. The highest BCUT2D eigenvalue weighted by atomic mass is 16.5. The molecule has 0 aliphatic rings. The molecule has 0 radical (unpaired) electrons. The number of rotatable bonds is 8. The first kappa shape index (κ1) is 12.8. The molecule has 0 bridgehead atoms. The predicted molar refractivity (Wildman–Crippen MR) is 53.6 cm³/mol. The Labute approximate surface area is 80.5 Å². The molecule has 13 heavy (non-hydrogen) atoms. The second kappa shape index (κ2) is 8.44. The van der Waals surface area contributed by atoms with E-state index >= 15 is 0 Å². The van der Waals surface area contributed by atoms with Crippen molar-refractivity contribution in [2.75, 3.05) is 26.8 Å². The first-order chi connectivity index (χ1) is 6.20. The maximum absolute atomic E-state index is 9.07. The Balaban J connectivity index is 3.53. The van der Waals surface area contributed by atoms with Crippen LogP contribution in [0.15, 0.2) is 0 Å². The van der Waals surface area contributed by atoms with Crippen molar-refractivity contribution in [2.45, 2.75) is 31.9 Å². The third-order valence-electron chi connectivity index (χ3n) is 1.83. The smallest absolute Gasteiger partial charge is 0.0636 e. The Hall–Kier alpha value is -0.160. The molecule has 2 atom stereocenters. The van der Waals surface area contributed by atoms with E-state index in [1.807, 2.05) is 0 Å². The van der Waals surface area contributed by atoms with E-state index in [-0.39, 0.29) is 6.10 Å². The van der Waals surface area contributed by atoms with Crippen LogP contribution >= 0.6 is 0 Å². The summed E-state index contributed by atoms with van der Waals surface area (Å²) in [6.07, 6.45) is 1.68. The van der Waals surface area contributed by atoms with E-state index in [1.165, 1.54) is 0 Å². The van der Waals surface area contributed by atoms with E-state index in [4.69, 9.17) is 15.6 Å². The average molecular weight is 190 g/mol. The largest absolute Gasteiger partial charge is 0.392 e. The van der Waals surface area contributed by atoms with Crippen molar-refractivity contribution in [3.63, 3.8) is 0 Å². The number of ether oxygens (including phenoxy) is 1. The fourth-order valence-electron chi connectivity index (χ4n) is 1.15. The summed E-state index contributed by atoms with van der Waals surface area (Å²) in [6, 6.07) is 0.308. The Morgan fingerprint density at radius 2 is 2.23 bits per heavy atom. The lowest BCUT2D eigenvalue weighted by Gasteiger charge is -2.18. The minimum Gasteiger partial charge on any atom is -0.392 e. The van der Waals surface area contributed by atoms with Gasteiger partial charge in [-0.3, -0.25) is 0 Å².